The van der Waals surface area contributed by atoms with Crippen LogP contribution in [-0.2, 0) is 30.8 Å². The van der Waals surface area contributed by atoms with E-state index < -0.39 is 34.0 Å². The Morgan fingerprint density at radius 3 is 2.59 bits per heavy atom. The third-order valence-corrected chi connectivity index (χ3v) is 8.94. The number of aromatic nitrogens is 1. The zero-order valence-corrected chi connectivity index (χ0v) is 22.7. The maximum atomic E-state index is 13.1. The number of carboxylic acids is 1. The summed E-state index contributed by atoms with van der Waals surface area (Å²) in [6, 6.07) is 12.1. The zero-order valence-electron chi connectivity index (χ0n) is 21.9. The molecule has 10 nitrogen and oxygen atoms in total. The van der Waals surface area contributed by atoms with Crippen molar-refractivity contribution < 1.29 is 27.9 Å². The van der Waals surface area contributed by atoms with Gasteiger partial charge in [-0.2, -0.15) is 4.31 Å². The first-order valence-corrected chi connectivity index (χ1v) is 14.5. The smallest absolute Gasteiger partial charge is 0.326 e. The molecule has 2 aromatic carbocycles. The minimum Gasteiger partial charge on any atom is -0.480 e. The predicted octanol–water partition coefficient (Wildman–Crippen LogP) is 2.73. The number of nitrogens with one attached hydrogen (secondary N) is 3. The summed E-state index contributed by atoms with van der Waals surface area (Å²) >= 11 is 0. The summed E-state index contributed by atoms with van der Waals surface area (Å²) in [6.07, 6.45) is 4.06. The number of carbonyl (C=O) groups is 3. The number of amides is 2. The number of hydrogen-bond donors (Lipinski definition) is 4. The minimum absolute atomic E-state index is 0.106. The van der Waals surface area contributed by atoms with Gasteiger partial charge in [-0.3, -0.25) is 9.59 Å². The second-order valence-corrected chi connectivity index (χ2v) is 11.8. The van der Waals surface area contributed by atoms with Crippen LogP contribution in [-0.4, -0.2) is 65.8 Å². The second-order valence-electron chi connectivity index (χ2n) is 9.87. The third kappa shape index (κ3) is 6.85. The van der Waals surface area contributed by atoms with Crippen molar-refractivity contribution in [2.75, 3.05) is 13.1 Å². The Hall–Kier alpha value is -3.70. The number of aliphatic carboxylic acids is 1. The molecule has 11 heteroatoms. The van der Waals surface area contributed by atoms with Crippen LogP contribution >= 0.6 is 0 Å². The van der Waals surface area contributed by atoms with Gasteiger partial charge in [-0.15, -0.1) is 0 Å². The highest BCUT2D eigenvalue weighted by atomic mass is 32.2. The van der Waals surface area contributed by atoms with Crippen LogP contribution in [0, 0.1) is 6.92 Å². The molecule has 0 bridgehead atoms. The maximum Gasteiger partial charge on any atom is 0.326 e. The summed E-state index contributed by atoms with van der Waals surface area (Å²) in [5, 5.41) is 16.0. The van der Waals surface area contributed by atoms with Crippen LogP contribution in [0.1, 0.15) is 43.2 Å². The molecule has 0 unspecified atom stereocenters. The molecule has 2 amide bonds. The van der Waals surface area contributed by atoms with E-state index >= 15 is 0 Å². The van der Waals surface area contributed by atoms with E-state index in [0.717, 1.165) is 26.3 Å². The summed E-state index contributed by atoms with van der Waals surface area (Å²) in [5.74, 6) is -1.92. The van der Waals surface area contributed by atoms with Crippen LogP contribution in [0.15, 0.2) is 59.6 Å². The average molecular weight is 555 g/mol. The number of aromatic amines is 1. The van der Waals surface area contributed by atoms with Crippen LogP contribution in [0.4, 0.5) is 0 Å². The van der Waals surface area contributed by atoms with Gasteiger partial charge in [0.2, 0.25) is 21.8 Å². The van der Waals surface area contributed by atoms with Crippen molar-refractivity contribution in [1.82, 2.24) is 19.9 Å². The third-order valence-electron chi connectivity index (χ3n) is 7.02. The molecule has 1 aliphatic heterocycles. The first kappa shape index (κ1) is 28.3. The number of fused-ring (bicyclic) bond motifs is 1. The van der Waals surface area contributed by atoms with Gasteiger partial charge in [0.15, 0.2) is 0 Å². The number of sulfonamides is 1. The lowest BCUT2D eigenvalue weighted by atomic mass is 10.1. The van der Waals surface area contributed by atoms with Gasteiger partial charge in [0.05, 0.1) is 11.3 Å². The Balaban J connectivity index is 1.25. The molecule has 208 valence electrons. The number of H-pyrrole nitrogens is 1. The SMILES string of the molecule is Cc1ccc(S(=O)(=O)N2CCC[C@H]2C(=O)N[C@@H](CCCCNC(=O)Cc2c[nH]c3ccccc23)C(=O)O)cc1. The Morgan fingerprint density at radius 2 is 1.85 bits per heavy atom. The number of carboxylic acid groups (broad SMARTS) is 1. The predicted molar refractivity (Wildman–Crippen MR) is 147 cm³/mol. The van der Waals surface area contributed by atoms with Crippen molar-refractivity contribution in [3.05, 3.63) is 65.9 Å². The molecule has 0 aliphatic carbocycles. The van der Waals surface area contributed by atoms with Crippen molar-refractivity contribution in [1.29, 1.82) is 0 Å². The molecule has 0 spiro atoms. The first-order chi connectivity index (χ1) is 18.7. The van der Waals surface area contributed by atoms with E-state index in [1.54, 1.807) is 12.1 Å². The number of benzene rings is 2. The lowest BCUT2D eigenvalue weighted by Crippen LogP contribution is -2.50. The molecule has 1 fully saturated rings. The van der Waals surface area contributed by atoms with Crippen LogP contribution in [0.25, 0.3) is 10.9 Å². The van der Waals surface area contributed by atoms with E-state index in [2.05, 4.69) is 15.6 Å². The maximum absolute atomic E-state index is 13.1. The first-order valence-electron chi connectivity index (χ1n) is 13.1. The lowest BCUT2D eigenvalue weighted by Gasteiger charge is -2.25. The van der Waals surface area contributed by atoms with Crippen LogP contribution in [0.5, 0.6) is 0 Å². The highest BCUT2D eigenvalue weighted by molar-refractivity contribution is 7.89. The molecule has 1 saturated heterocycles. The molecular weight excluding hydrogens is 520 g/mol. The Labute approximate surface area is 227 Å². The Bertz CT molecular complexity index is 1430. The fourth-order valence-corrected chi connectivity index (χ4v) is 6.53. The van der Waals surface area contributed by atoms with Gasteiger partial charge in [-0.1, -0.05) is 35.9 Å². The van der Waals surface area contributed by atoms with Crippen LogP contribution < -0.4 is 10.6 Å². The molecule has 0 saturated carbocycles. The molecule has 4 rings (SSSR count). The summed E-state index contributed by atoms with van der Waals surface area (Å²) in [6.45, 7) is 2.44. The quantitative estimate of drug-likeness (QED) is 0.253. The fourth-order valence-electron chi connectivity index (χ4n) is 4.88. The molecule has 4 N–H and O–H groups in total. The van der Waals surface area contributed by atoms with E-state index in [1.807, 2.05) is 37.4 Å². The van der Waals surface area contributed by atoms with Crippen molar-refractivity contribution in [3.8, 4) is 0 Å². The Morgan fingerprint density at radius 1 is 1.10 bits per heavy atom. The molecule has 0 radical (unpaired) electrons. The number of carbonyl (C=O) groups excluding carboxylic acids is 2. The van der Waals surface area contributed by atoms with E-state index in [1.165, 1.54) is 12.1 Å². The van der Waals surface area contributed by atoms with Gasteiger partial charge in [-0.25, -0.2) is 13.2 Å². The number of rotatable bonds is 12. The van der Waals surface area contributed by atoms with Crippen molar-refractivity contribution in [3.63, 3.8) is 0 Å². The second kappa shape index (κ2) is 12.4. The molecule has 2 atom stereocenters. The molecule has 1 aliphatic rings. The monoisotopic (exact) mass is 554 g/mol. The number of para-hydroxylation sites is 1. The largest absolute Gasteiger partial charge is 0.480 e. The van der Waals surface area contributed by atoms with Gasteiger partial charge in [-0.05, 0) is 62.8 Å². The van der Waals surface area contributed by atoms with E-state index in [9.17, 15) is 27.9 Å². The molecular formula is C28H34N4O6S. The van der Waals surface area contributed by atoms with Gasteiger partial charge >= 0.3 is 5.97 Å². The van der Waals surface area contributed by atoms with Crippen molar-refractivity contribution >= 4 is 38.7 Å². The molecule has 39 heavy (non-hydrogen) atoms. The Kier molecular flexibility index (Phi) is 9.03. The molecule has 3 aromatic rings. The normalized spacial score (nSPS) is 16.7. The van der Waals surface area contributed by atoms with E-state index in [-0.39, 0.29) is 30.2 Å². The highest BCUT2D eigenvalue weighted by Crippen LogP contribution is 2.26. The fraction of sp³-hybridized carbons (Fsp3) is 0.393. The summed E-state index contributed by atoms with van der Waals surface area (Å²) in [4.78, 5) is 40.4. The summed E-state index contributed by atoms with van der Waals surface area (Å²) in [7, 11) is -3.89. The lowest BCUT2D eigenvalue weighted by molar-refractivity contribution is -0.142. The van der Waals surface area contributed by atoms with Gasteiger partial charge in [0, 0.05) is 30.2 Å². The van der Waals surface area contributed by atoms with Crippen molar-refractivity contribution in [2.24, 2.45) is 0 Å². The van der Waals surface area contributed by atoms with Gasteiger partial charge in [0.1, 0.15) is 12.1 Å². The number of aryl methyl sites for hydroxylation is 1. The summed E-state index contributed by atoms with van der Waals surface area (Å²) in [5.41, 5.74) is 2.79. The summed E-state index contributed by atoms with van der Waals surface area (Å²) < 4.78 is 27.4. The standard InChI is InChI=1S/C28H34N4O6S/c1-19-11-13-21(14-12-19)39(37,38)32-16-6-10-25(32)27(34)31-24(28(35)36)9-4-5-15-29-26(33)17-20-18-30-23-8-3-2-7-22(20)23/h2-3,7-8,11-14,18,24-25,30H,4-6,9-10,15-17H2,1H3,(H,29,33)(H,31,34)(H,35,36)/t24-,25-/m0/s1. The van der Waals surface area contributed by atoms with Crippen molar-refractivity contribution in [2.45, 2.75) is 62.4 Å². The number of unbranched alkanes of at least 4 members (excludes halogenated alkanes) is 1. The molecule has 2 heterocycles. The average Bonchev–Trinajstić information content (AvgIpc) is 3.56. The molecule has 1 aromatic heterocycles. The van der Waals surface area contributed by atoms with Gasteiger partial charge < -0.3 is 20.7 Å². The van der Waals surface area contributed by atoms with Gasteiger partial charge in [0.25, 0.3) is 0 Å². The zero-order chi connectivity index (χ0) is 28.0. The minimum atomic E-state index is -3.89. The van der Waals surface area contributed by atoms with Crippen LogP contribution in [0.3, 0.4) is 0 Å². The highest BCUT2D eigenvalue weighted by Gasteiger charge is 2.40. The van der Waals surface area contributed by atoms with E-state index in [0.29, 0.717) is 32.2 Å². The topological polar surface area (TPSA) is 149 Å². The number of hydrogen-bond acceptors (Lipinski definition) is 5. The number of nitrogens with zero attached hydrogens (tertiary/aromatic N) is 1. The van der Waals surface area contributed by atoms with Crippen LogP contribution in [0.2, 0.25) is 0 Å². The van der Waals surface area contributed by atoms with E-state index in [4.69, 9.17) is 0 Å².